The molecule has 0 aliphatic carbocycles. The highest BCUT2D eigenvalue weighted by Gasteiger charge is 2.19. The Labute approximate surface area is 849 Å². The molecule has 0 unspecified atom stereocenters. The van der Waals surface area contributed by atoms with Crippen molar-refractivity contribution < 1.29 is 168 Å². The molecule has 54 nitrogen and oxygen atoms in total. The molecule has 0 amide bonds. The molecule has 0 saturated heterocycles. The van der Waals surface area contributed by atoms with Crippen molar-refractivity contribution in [2.75, 3.05) is 85.3 Å². The molecule has 792 valence electrons. The molecule has 12 rings (SSSR count). The Morgan fingerprint density at radius 3 is 0.227 bits per heavy atom. The van der Waals surface area contributed by atoms with Gasteiger partial charge in [0.15, 0.2) is 59.7 Å². The summed E-state index contributed by atoms with van der Waals surface area (Å²) in [5, 5.41) is 101. The van der Waals surface area contributed by atoms with E-state index in [4.69, 9.17) is 208 Å². The Hall–Kier alpha value is -18.2. The third-order valence-electron chi connectivity index (χ3n) is 14.3. The molecule has 0 heterocycles. The predicted octanol–water partition coefficient (Wildman–Crippen LogP) is 18.9. The summed E-state index contributed by atoms with van der Waals surface area (Å²) < 4.78 is 170. The Balaban J connectivity index is -0.000000368. The van der Waals surface area contributed by atoms with Crippen LogP contribution in [0.4, 0.5) is 93.4 Å². The second-order valence-electron chi connectivity index (χ2n) is 23.8. The zero-order valence-corrected chi connectivity index (χ0v) is 85.0. The van der Waals surface area contributed by atoms with E-state index in [-0.39, 0.29) is 0 Å². The van der Waals surface area contributed by atoms with Crippen LogP contribution in [0.3, 0.4) is 0 Å². The van der Waals surface area contributed by atoms with E-state index in [1.165, 1.54) is 85.3 Å². The lowest BCUT2D eigenvalue weighted by atomic mass is 10.3. The summed E-state index contributed by atoms with van der Waals surface area (Å²) in [6.45, 7) is 0. The normalized spacial score (nSPS) is 9.08. The number of ether oxygens (including phenoxy) is 12. The van der Waals surface area contributed by atoms with Crippen LogP contribution in [0.25, 0.3) is 59.7 Å². The molecule has 66 heteroatoms. The Bertz CT molecular complexity index is 5450. The number of hydrogen-bond acceptors (Lipinski definition) is 42. The number of benzene rings is 12. The monoisotopic (exact) mass is 2210 g/mol. The second kappa shape index (κ2) is 84.1. The molecule has 0 N–H and O–H groups in total. The van der Waals surface area contributed by atoms with E-state index in [0.29, 0.717) is 137 Å². The Morgan fingerprint density at radius 2 is 0.193 bits per heavy atom. The molecule has 12 aromatic carbocycles. The van der Waals surface area contributed by atoms with Gasteiger partial charge in [0.1, 0.15) is 47.4 Å². The maximum Gasteiger partial charge on any atom is 0.426 e. The number of halogens is 6. The van der Waals surface area contributed by atoms with Crippen molar-refractivity contribution >= 4 is 116 Å². The van der Waals surface area contributed by atoms with Crippen molar-refractivity contribution in [1.82, 2.24) is 0 Å². The van der Waals surface area contributed by atoms with E-state index in [0.717, 1.165) is 0 Å². The number of methoxy groups -OCH3 is 12. The molecule has 0 atom stereocenters. The standard InChI is InChI=1S/12C7H7N2O.6FH2O3P/c12*1-10-7-5-3-2-4-6(7)9-8;6*1-5(2,3)4/h12*2-5H,1H3;6*(H2,2,3,4)/q12*+1;;;;;;/p-12. The molecular weight excluding hydrogens is 2120 g/mol. The van der Waals surface area contributed by atoms with Crippen LogP contribution in [0.2, 0.25) is 0 Å². The van der Waals surface area contributed by atoms with Gasteiger partial charge in [-0.25, -0.2) is 25.2 Å². The van der Waals surface area contributed by atoms with Crippen molar-refractivity contribution in [2.24, 2.45) is 0 Å². The predicted molar refractivity (Wildman–Crippen MR) is 505 cm³/mol. The summed E-state index contributed by atoms with van der Waals surface area (Å²) >= 11 is 0. The fourth-order valence-electron chi connectivity index (χ4n) is 8.55. The van der Waals surface area contributed by atoms with Crippen LogP contribution in [0, 0.1) is 64.7 Å². The van der Waals surface area contributed by atoms with E-state index in [1.807, 2.05) is 72.8 Å². The minimum Gasteiger partial charge on any atom is -0.786 e. The summed E-state index contributed by atoms with van der Waals surface area (Å²) in [6.07, 6.45) is 0. The molecule has 0 aliphatic rings. The SMILES string of the molecule is COc1ccccc1[N+]#N.COc1ccccc1[N+]#N.COc1ccccc1[N+]#N.COc1ccccc1[N+]#N.COc1ccccc1[N+]#N.COc1ccccc1[N+]#N.COc1ccccc1[N+]#N.COc1ccccc1[N+]#N.COc1ccccc1[N+]#N.COc1ccccc1[N+]#N.COc1ccccc1[N+]#N.COc1ccccc1[N+]#N.O=P([O-])([O-])F.O=P([O-])([O-])F.O=P([O-])([O-])F.O=P([O-])([O-])F.O=P([O-])([O-])F.O=P([O-])([O-])F. The summed E-state index contributed by atoms with van der Waals surface area (Å²) in [6, 6.07) is 83.8. The highest BCUT2D eigenvalue weighted by molar-refractivity contribution is 7.43. The van der Waals surface area contributed by atoms with Gasteiger partial charge in [0.2, 0.25) is 134 Å². The quantitative estimate of drug-likeness (QED) is 0.0622. The van der Waals surface area contributed by atoms with Gasteiger partial charge in [0, 0.05) is 72.8 Å². The minimum atomic E-state index is -5.64. The largest absolute Gasteiger partial charge is 0.786 e. The first-order chi connectivity index (χ1) is 70.6. The molecule has 0 bridgehead atoms. The van der Waals surface area contributed by atoms with Crippen molar-refractivity contribution in [3.05, 3.63) is 351 Å². The Morgan fingerprint density at radius 1 is 0.147 bits per heavy atom. The van der Waals surface area contributed by atoms with Gasteiger partial charge in [0.25, 0.3) is 0 Å². The van der Waals surface area contributed by atoms with Gasteiger partial charge in [-0.3, -0.25) is 0 Å². The Kier molecular flexibility index (Phi) is 79.9. The second-order valence-corrected chi connectivity index (χ2v) is 29.0. The van der Waals surface area contributed by atoms with Crippen LogP contribution >= 0.6 is 47.4 Å². The van der Waals surface area contributed by atoms with Gasteiger partial charge < -0.3 is 143 Å². The zero-order chi connectivity index (χ0) is 116. The van der Waals surface area contributed by atoms with Crippen molar-refractivity contribution in [1.29, 1.82) is 64.7 Å². The summed E-state index contributed by atoms with van der Waals surface area (Å²) in [7, 11) is -15.5. The molecule has 12 aromatic rings. The van der Waals surface area contributed by atoms with Crippen LogP contribution in [0.5, 0.6) is 69.0 Å². The van der Waals surface area contributed by atoms with E-state index in [9.17, 15) is 25.2 Å². The number of nitrogens with zero attached hydrogens (tertiary/aromatic N) is 24. The first kappa shape index (κ1) is 142. The van der Waals surface area contributed by atoms with Crippen molar-refractivity contribution in [3.8, 4) is 69.0 Å². The van der Waals surface area contributed by atoms with Crippen LogP contribution in [0.1, 0.15) is 0 Å². The molecular formula is C84H84F6N24O30P6. The number of para-hydroxylation sites is 12. The molecule has 0 aromatic heterocycles. The maximum absolute atomic E-state index is 10.1. The lowest BCUT2D eigenvalue weighted by molar-refractivity contribution is -0.330. The lowest BCUT2D eigenvalue weighted by Crippen LogP contribution is -2.07. The third kappa shape index (κ3) is 82.2. The number of diazo groups is 12. The number of rotatable bonds is 12. The third-order valence-corrected chi connectivity index (χ3v) is 14.3. The van der Waals surface area contributed by atoms with Crippen molar-refractivity contribution in [2.45, 2.75) is 0 Å². The minimum absolute atomic E-state index is 0.449. The van der Waals surface area contributed by atoms with Gasteiger partial charge >= 0.3 is 68.2 Å². The highest BCUT2D eigenvalue weighted by atomic mass is 31.2. The van der Waals surface area contributed by atoms with Crippen LogP contribution in [0.15, 0.2) is 291 Å². The van der Waals surface area contributed by atoms with Gasteiger partial charge in [-0.2, -0.15) is 0 Å². The molecule has 0 spiro atoms. The van der Waals surface area contributed by atoms with E-state index in [2.05, 4.69) is 59.7 Å². The maximum atomic E-state index is 10.1. The fourth-order valence-corrected chi connectivity index (χ4v) is 8.55. The van der Waals surface area contributed by atoms with E-state index < -0.39 is 47.4 Å². The lowest BCUT2D eigenvalue weighted by Gasteiger charge is -2.15. The van der Waals surface area contributed by atoms with E-state index in [1.54, 1.807) is 218 Å². The molecule has 0 aliphatic heterocycles. The van der Waals surface area contributed by atoms with Crippen LogP contribution in [-0.2, 0) is 27.4 Å². The van der Waals surface area contributed by atoms with Gasteiger partial charge in [-0.15, -0.1) is 0 Å². The molecule has 0 fully saturated rings. The first-order valence-electron chi connectivity index (χ1n) is 38.7. The smallest absolute Gasteiger partial charge is 0.426 e. The molecule has 0 radical (unpaired) electrons. The number of hydrogen-bond donors (Lipinski definition) is 0. The fraction of sp³-hybridized carbons (Fsp3) is 0.143. The van der Waals surface area contributed by atoms with E-state index >= 15 is 0 Å². The average molecular weight is 2210 g/mol. The van der Waals surface area contributed by atoms with Crippen molar-refractivity contribution in [3.63, 3.8) is 0 Å². The van der Waals surface area contributed by atoms with Crippen LogP contribution in [-0.4, -0.2) is 85.3 Å². The average Bonchev–Trinajstić information content (AvgIpc) is 0.968. The highest BCUT2D eigenvalue weighted by Crippen LogP contribution is 2.35. The first-order valence-corrected chi connectivity index (χ1v) is 47.3. The summed E-state index contributed by atoms with van der Waals surface area (Å²) in [5.74, 6) is 6.89. The zero-order valence-electron chi connectivity index (χ0n) is 79.6. The van der Waals surface area contributed by atoms with Crippen LogP contribution < -0.4 is 116 Å². The topological polar surface area (TPSA) is 828 Å². The van der Waals surface area contributed by atoms with Gasteiger partial charge in [0.05, 0.1) is 85.3 Å². The summed E-state index contributed by atoms with van der Waals surface area (Å²) in [4.78, 5) is 137. The van der Waals surface area contributed by atoms with Gasteiger partial charge in [-0.05, 0) is 72.8 Å². The molecule has 150 heavy (non-hydrogen) atoms. The summed E-state index contributed by atoms with van der Waals surface area (Å²) in [5.41, 5.74) is 5.39. The van der Waals surface area contributed by atoms with Gasteiger partial charge in [-0.1, -0.05) is 146 Å². The molecule has 0 saturated carbocycles.